The van der Waals surface area contributed by atoms with E-state index in [1.165, 1.54) is 7.11 Å². The molecule has 152 valence electrons. The van der Waals surface area contributed by atoms with Crippen LogP contribution in [0.15, 0.2) is 47.6 Å². The molecule has 0 saturated heterocycles. The van der Waals surface area contributed by atoms with Crippen LogP contribution in [0.2, 0.25) is 0 Å². The molecule has 0 heterocycles. The lowest BCUT2D eigenvalue weighted by molar-refractivity contribution is 0.0602. The third kappa shape index (κ3) is 5.62. The van der Waals surface area contributed by atoms with E-state index in [-0.39, 0.29) is 12.2 Å². The van der Waals surface area contributed by atoms with Crippen molar-refractivity contribution in [2.24, 2.45) is 5.18 Å². The third-order valence-electron chi connectivity index (χ3n) is 4.57. The molecule has 0 aliphatic rings. The van der Waals surface area contributed by atoms with Crippen LogP contribution in [0, 0.1) is 16.2 Å². The number of nitroso groups, excluding NO2 is 1. The Morgan fingerprint density at radius 3 is 2.28 bits per heavy atom. The zero-order valence-corrected chi connectivity index (χ0v) is 16.8. The fourth-order valence-corrected chi connectivity index (χ4v) is 3.02. The predicted molar refractivity (Wildman–Crippen MR) is 108 cm³/mol. The maximum atomic E-state index is 13.1. The van der Waals surface area contributed by atoms with Gasteiger partial charge in [0.15, 0.2) is 12.0 Å². The van der Waals surface area contributed by atoms with Crippen LogP contribution in [0.1, 0.15) is 47.2 Å². The van der Waals surface area contributed by atoms with Crippen molar-refractivity contribution < 1.29 is 19.0 Å². The monoisotopic (exact) mass is 396 g/mol. The van der Waals surface area contributed by atoms with E-state index in [4.69, 9.17) is 14.2 Å². The van der Waals surface area contributed by atoms with Crippen molar-refractivity contribution >= 4 is 5.78 Å². The molecule has 0 amide bonds. The first-order valence-electron chi connectivity index (χ1n) is 9.28. The summed E-state index contributed by atoms with van der Waals surface area (Å²) in [7, 11) is 3.08. The molecule has 0 spiro atoms. The van der Waals surface area contributed by atoms with Crippen molar-refractivity contribution in [2.75, 3.05) is 20.8 Å². The second kappa shape index (κ2) is 10.9. The Hall–Kier alpha value is -3.24. The molecule has 0 bridgehead atoms. The van der Waals surface area contributed by atoms with Gasteiger partial charge in [-0.25, -0.2) is 0 Å². The average Bonchev–Trinajstić information content (AvgIpc) is 2.78. The third-order valence-corrected chi connectivity index (χ3v) is 4.57. The van der Waals surface area contributed by atoms with Gasteiger partial charge in [-0.3, -0.25) is 4.79 Å². The van der Waals surface area contributed by atoms with Gasteiger partial charge in [0.1, 0.15) is 11.5 Å². The maximum Gasteiger partial charge on any atom is 0.193 e. The number of hydrogen-bond donors (Lipinski definition) is 0. The summed E-state index contributed by atoms with van der Waals surface area (Å²) in [5, 5.41) is 12.7. The summed E-state index contributed by atoms with van der Waals surface area (Å²) in [4.78, 5) is 24.0. The SMILES string of the molecule is CCOC(CCC(C#N)c1cc(OC)ccc1C(=O)c1ccc(OC)cc1)N=O. The fraction of sp³-hybridized carbons (Fsp3) is 0.364. The van der Waals surface area contributed by atoms with Crippen molar-refractivity contribution in [2.45, 2.75) is 31.9 Å². The van der Waals surface area contributed by atoms with Gasteiger partial charge >= 0.3 is 0 Å². The number of ketones is 1. The van der Waals surface area contributed by atoms with Gasteiger partial charge in [-0.1, -0.05) is 0 Å². The van der Waals surface area contributed by atoms with E-state index < -0.39 is 12.1 Å². The molecule has 7 nitrogen and oxygen atoms in total. The van der Waals surface area contributed by atoms with Gasteiger partial charge < -0.3 is 14.2 Å². The summed E-state index contributed by atoms with van der Waals surface area (Å²) in [6, 6.07) is 14.0. The van der Waals surface area contributed by atoms with Crippen LogP contribution >= 0.6 is 0 Å². The molecule has 2 unspecified atom stereocenters. The van der Waals surface area contributed by atoms with Crippen LogP contribution < -0.4 is 9.47 Å². The molecule has 7 heteroatoms. The van der Waals surface area contributed by atoms with Crippen molar-refractivity contribution in [3.05, 3.63) is 64.1 Å². The Bertz CT molecular complexity index is 874. The van der Waals surface area contributed by atoms with Gasteiger partial charge in [-0.15, -0.1) is 4.91 Å². The molecule has 0 aliphatic heterocycles. The number of benzene rings is 2. The highest BCUT2D eigenvalue weighted by Crippen LogP contribution is 2.31. The molecular weight excluding hydrogens is 372 g/mol. The fourth-order valence-electron chi connectivity index (χ4n) is 3.02. The number of ether oxygens (including phenoxy) is 3. The zero-order valence-electron chi connectivity index (χ0n) is 16.8. The number of carbonyl (C=O) groups excluding carboxylic acids is 1. The standard InChI is InChI=1S/C22H24N2O5/c1-4-29-21(24-26)12-7-16(14-23)20-13-18(28-3)10-11-19(20)22(25)15-5-8-17(27-2)9-6-15/h5-6,8-11,13,16,21H,4,7,12H2,1-3H3. The molecule has 0 aliphatic carbocycles. The number of carbonyl (C=O) groups is 1. The van der Waals surface area contributed by atoms with Crippen molar-refractivity contribution in [3.8, 4) is 17.6 Å². The highest BCUT2D eigenvalue weighted by molar-refractivity contribution is 6.10. The molecule has 0 radical (unpaired) electrons. The van der Waals surface area contributed by atoms with Gasteiger partial charge in [0.25, 0.3) is 0 Å². The Morgan fingerprint density at radius 1 is 1.07 bits per heavy atom. The van der Waals surface area contributed by atoms with Crippen LogP contribution in [-0.4, -0.2) is 32.8 Å². The van der Waals surface area contributed by atoms with Crippen LogP contribution in [0.4, 0.5) is 0 Å². The molecule has 0 aromatic heterocycles. The Kier molecular flexibility index (Phi) is 8.31. The largest absolute Gasteiger partial charge is 0.497 e. The van der Waals surface area contributed by atoms with Crippen LogP contribution in [0.5, 0.6) is 11.5 Å². The minimum Gasteiger partial charge on any atom is -0.497 e. The Balaban J connectivity index is 2.36. The van der Waals surface area contributed by atoms with Crippen molar-refractivity contribution in [1.82, 2.24) is 0 Å². The van der Waals surface area contributed by atoms with E-state index in [1.54, 1.807) is 56.5 Å². The number of methoxy groups -OCH3 is 2. The van der Waals surface area contributed by atoms with E-state index >= 15 is 0 Å². The summed E-state index contributed by atoms with van der Waals surface area (Å²) in [6.07, 6.45) is -0.214. The molecule has 2 aromatic carbocycles. The van der Waals surface area contributed by atoms with E-state index in [0.29, 0.717) is 41.2 Å². The van der Waals surface area contributed by atoms with E-state index in [0.717, 1.165) is 0 Å². The minimum atomic E-state index is -0.817. The van der Waals surface area contributed by atoms with E-state index in [1.807, 2.05) is 0 Å². The van der Waals surface area contributed by atoms with Crippen molar-refractivity contribution in [1.29, 1.82) is 5.26 Å². The lowest BCUT2D eigenvalue weighted by Gasteiger charge is -2.17. The quantitative estimate of drug-likeness (QED) is 0.411. The number of nitriles is 1. The molecule has 2 rings (SSSR count). The second-order valence-corrected chi connectivity index (χ2v) is 6.29. The number of nitrogens with zero attached hydrogens (tertiary/aromatic N) is 2. The van der Waals surface area contributed by atoms with Gasteiger partial charge in [0.05, 0.1) is 26.2 Å². The first-order chi connectivity index (χ1) is 14.1. The van der Waals surface area contributed by atoms with Gasteiger partial charge in [-0.05, 0) is 73.0 Å². The van der Waals surface area contributed by atoms with Crippen molar-refractivity contribution in [3.63, 3.8) is 0 Å². The van der Waals surface area contributed by atoms with E-state index in [2.05, 4.69) is 11.2 Å². The topological polar surface area (TPSA) is 98.0 Å². The lowest BCUT2D eigenvalue weighted by Crippen LogP contribution is -2.13. The summed E-state index contributed by atoms with van der Waals surface area (Å²) < 4.78 is 15.7. The highest BCUT2D eigenvalue weighted by Gasteiger charge is 2.23. The summed E-state index contributed by atoms with van der Waals surface area (Å²) in [6.45, 7) is 2.13. The highest BCUT2D eigenvalue weighted by atomic mass is 16.5. The van der Waals surface area contributed by atoms with Crippen LogP contribution in [0.25, 0.3) is 0 Å². The van der Waals surface area contributed by atoms with Crippen LogP contribution in [0.3, 0.4) is 0 Å². The maximum absolute atomic E-state index is 13.1. The van der Waals surface area contributed by atoms with Gasteiger partial charge in [-0.2, -0.15) is 5.26 Å². The summed E-state index contributed by atoms with van der Waals surface area (Å²) in [5.41, 5.74) is 1.44. The molecule has 0 fully saturated rings. The van der Waals surface area contributed by atoms with Gasteiger partial charge in [0, 0.05) is 17.7 Å². The Morgan fingerprint density at radius 2 is 1.72 bits per heavy atom. The average molecular weight is 396 g/mol. The number of hydrogen-bond acceptors (Lipinski definition) is 7. The first kappa shape index (κ1) is 22.1. The smallest absolute Gasteiger partial charge is 0.193 e. The molecular formula is C22H24N2O5. The summed E-state index contributed by atoms with van der Waals surface area (Å²) in [5.74, 6) is 0.364. The predicted octanol–water partition coefficient (Wildman–Crippen LogP) is 4.45. The number of rotatable bonds is 11. The molecule has 29 heavy (non-hydrogen) atoms. The molecule has 0 saturated carbocycles. The second-order valence-electron chi connectivity index (χ2n) is 6.29. The summed E-state index contributed by atoms with van der Waals surface area (Å²) >= 11 is 0. The van der Waals surface area contributed by atoms with Gasteiger partial charge in [0.2, 0.25) is 0 Å². The zero-order chi connectivity index (χ0) is 21.2. The molecule has 2 aromatic rings. The first-order valence-corrected chi connectivity index (χ1v) is 9.28. The van der Waals surface area contributed by atoms with E-state index in [9.17, 15) is 15.0 Å². The lowest BCUT2D eigenvalue weighted by atomic mass is 9.88. The van der Waals surface area contributed by atoms with Crippen LogP contribution in [-0.2, 0) is 4.74 Å². The molecule has 0 N–H and O–H groups in total. The Labute approximate surface area is 170 Å². The molecule has 2 atom stereocenters. The normalized spacial score (nSPS) is 12.5. The minimum absolute atomic E-state index is 0.208.